The number of ketones is 1. The van der Waals surface area contributed by atoms with E-state index in [1.807, 2.05) is 24.3 Å². The van der Waals surface area contributed by atoms with Gasteiger partial charge in [-0.15, -0.1) is 0 Å². The molecule has 0 saturated carbocycles. The summed E-state index contributed by atoms with van der Waals surface area (Å²) in [5.74, 6) is -0.228. The fourth-order valence-corrected chi connectivity index (χ4v) is 2.63. The number of rotatable bonds is 3. The van der Waals surface area contributed by atoms with E-state index < -0.39 is 0 Å². The number of benzene rings is 2. The average molecular weight is 390 g/mol. The summed E-state index contributed by atoms with van der Waals surface area (Å²) < 4.78 is 0.944. The number of hydrogen-bond acceptors (Lipinski definition) is 1. The van der Waals surface area contributed by atoms with Gasteiger partial charge >= 0.3 is 0 Å². The highest BCUT2D eigenvalue weighted by Gasteiger charge is 2.12. The summed E-state index contributed by atoms with van der Waals surface area (Å²) in [6.45, 7) is 0. The largest absolute Gasteiger partial charge is 0.289 e. The minimum atomic E-state index is -0.228. The van der Waals surface area contributed by atoms with Crippen LogP contribution in [0.15, 0.2) is 46.9 Å². The molecule has 0 bridgehead atoms. The molecule has 20 heavy (non-hydrogen) atoms. The zero-order chi connectivity index (χ0) is 14.7. The number of halogens is 4. The Hall–Kier alpha value is -0.800. The average Bonchev–Trinajstić information content (AvgIpc) is 2.42. The minimum Gasteiger partial charge on any atom is -0.289 e. The molecule has 102 valence electrons. The molecule has 0 aliphatic heterocycles. The highest BCUT2D eigenvalue weighted by Crippen LogP contribution is 2.33. The first kappa shape index (κ1) is 15.6. The van der Waals surface area contributed by atoms with Gasteiger partial charge in [0.2, 0.25) is 0 Å². The number of hydrogen-bond donors (Lipinski definition) is 0. The maximum absolute atomic E-state index is 12.1. The lowest BCUT2D eigenvalue weighted by atomic mass is 10.1. The van der Waals surface area contributed by atoms with Gasteiger partial charge in [0.15, 0.2) is 5.78 Å². The summed E-state index contributed by atoms with van der Waals surface area (Å²) in [7, 11) is 0. The van der Waals surface area contributed by atoms with E-state index in [1.165, 1.54) is 6.08 Å². The molecule has 2 aromatic rings. The van der Waals surface area contributed by atoms with E-state index in [0.717, 1.165) is 10.0 Å². The quantitative estimate of drug-likeness (QED) is 0.341. The molecule has 0 aliphatic rings. The maximum atomic E-state index is 12.1. The monoisotopic (exact) mass is 388 g/mol. The zero-order valence-corrected chi connectivity index (χ0v) is 13.9. The van der Waals surface area contributed by atoms with Gasteiger partial charge in [-0.3, -0.25) is 4.79 Å². The molecule has 0 spiro atoms. The van der Waals surface area contributed by atoms with E-state index in [-0.39, 0.29) is 15.8 Å². The molecular weight excluding hydrogens is 382 g/mol. The molecule has 0 fully saturated rings. The molecule has 0 saturated heterocycles. The van der Waals surface area contributed by atoms with Crippen molar-refractivity contribution >= 4 is 62.6 Å². The van der Waals surface area contributed by atoms with E-state index >= 15 is 0 Å². The number of allylic oxidation sites excluding steroid dienone is 1. The molecule has 0 aromatic heterocycles. The molecule has 5 heteroatoms. The van der Waals surface area contributed by atoms with Crippen LogP contribution in [0.4, 0.5) is 0 Å². The van der Waals surface area contributed by atoms with E-state index in [0.29, 0.717) is 10.6 Å². The Morgan fingerprint density at radius 2 is 1.80 bits per heavy atom. The number of carbonyl (C=O) groups excluding carboxylic acids is 1. The summed E-state index contributed by atoms with van der Waals surface area (Å²) in [5.41, 5.74) is 1.23. The van der Waals surface area contributed by atoms with Crippen LogP contribution in [0, 0.1) is 0 Å². The zero-order valence-electron chi connectivity index (χ0n) is 10.0. The second-order valence-corrected chi connectivity index (χ2v) is 6.05. The predicted octanol–water partition coefficient (Wildman–Crippen LogP) is 6.31. The highest BCUT2D eigenvalue weighted by atomic mass is 79.9. The van der Waals surface area contributed by atoms with Gasteiger partial charge in [0.25, 0.3) is 0 Å². The van der Waals surface area contributed by atoms with E-state index in [2.05, 4.69) is 15.9 Å². The summed E-state index contributed by atoms with van der Waals surface area (Å²) in [5, 5.41) is 0.683. The van der Waals surface area contributed by atoms with E-state index in [9.17, 15) is 4.79 Å². The van der Waals surface area contributed by atoms with Gasteiger partial charge < -0.3 is 0 Å². The van der Waals surface area contributed by atoms with Crippen molar-refractivity contribution in [3.63, 3.8) is 0 Å². The second-order valence-electron chi connectivity index (χ2n) is 3.98. The summed E-state index contributed by atoms with van der Waals surface area (Å²) in [6, 6.07) is 10.7. The van der Waals surface area contributed by atoms with Crippen molar-refractivity contribution < 1.29 is 4.79 Å². The van der Waals surface area contributed by atoms with Gasteiger partial charge in [-0.2, -0.15) is 0 Å². The smallest absolute Gasteiger partial charge is 0.187 e. The van der Waals surface area contributed by atoms with Gasteiger partial charge in [0.1, 0.15) is 0 Å². The SMILES string of the molecule is O=C(C=Cc1cccc(Br)c1)c1ccc(Cl)c(Cl)c1Cl. The first-order valence-corrected chi connectivity index (χ1v) is 7.53. The molecule has 1 nitrogen and oxygen atoms in total. The molecule has 2 rings (SSSR count). The van der Waals surface area contributed by atoms with Crippen molar-refractivity contribution in [2.45, 2.75) is 0 Å². The third kappa shape index (κ3) is 3.64. The second kappa shape index (κ2) is 6.77. The molecular formula is C15H8BrCl3O. The summed E-state index contributed by atoms with van der Waals surface area (Å²) in [6.07, 6.45) is 3.17. The van der Waals surface area contributed by atoms with Crippen molar-refractivity contribution in [1.82, 2.24) is 0 Å². The topological polar surface area (TPSA) is 17.1 Å². The lowest BCUT2D eigenvalue weighted by Crippen LogP contribution is -1.96. The maximum Gasteiger partial charge on any atom is 0.187 e. The van der Waals surface area contributed by atoms with Crippen LogP contribution in [0.3, 0.4) is 0 Å². The van der Waals surface area contributed by atoms with E-state index in [1.54, 1.807) is 18.2 Å². The Kier molecular flexibility index (Phi) is 5.28. The van der Waals surface area contributed by atoms with Gasteiger partial charge in [-0.1, -0.05) is 68.9 Å². The van der Waals surface area contributed by atoms with Crippen LogP contribution in [0.5, 0.6) is 0 Å². The normalized spacial score (nSPS) is 11.0. The number of carbonyl (C=O) groups is 1. The van der Waals surface area contributed by atoms with Gasteiger partial charge in [0, 0.05) is 10.0 Å². The van der Waals surface area contributed by atoms with E-state index in [4.69, 9.17) is 34.8 Å². The Balaban J connectivity index is 2.27. The Morgan fingerprint density at radius 1 is 1.05 bits per heavy atom. The standard InChI is InChI=1S/C15H8BrCl3O/c16-10-3-1-2-9(8-10)4-7-13(20)11-5-6-12(17)15(19)14(11)18/h1-8H. The summed E-state index contributed by atoms with van der Waals surface area (Å²) >= 11 is 21.1. The summed E-state index contributed by atoms with van der Waals surface area (Å²) in [4.78, 5) is 12.1. The van der Waals surface area contributed by atoms with Crippen molar-refractivity contribution in [3.8, 4) is 0 Å². The molecule has 0 atom stereocenters. The van der Waals surface area contributed by atoms with Crippen LogP contribution < -0.4 is 0 Å². The molecule has 0 heterocycles. The van der Waals surface area contributed by atoms with Crippen LogP contribution in [0.25, 0.3) is 6.08 Å². The minimum absolute atomic E-state index is 0.169. The first-order chi connectivity index (χ1) is 9.49. The molecule has 2 aromatic carbocycles. The Bertz CT molecular complexity index is 696. The van der Waals surface area contributed by atoms with Gasteiger partial charge in [-0.05, 0) is 35.9 Å². The van der Waals surface area contributed by atoms with Crippen molar-refractivity contribution in [1.29, 1.82) is 0 Å². The van der Waals surface area contributed by atoms with Crippen molar-refractivity contribution in [3.05, 3.63) is 73.1 Å². The Morgan fingerprint density at radius 3 is 2.50 bits per heavy atom. The fraction of sp³-hybridized carbons (Fsp3) is 0. The van der Waals surface area contributed by atoms with Crippen molar-refractivity contribution in [2.24, 2.45) is 0 Å². The fourth-order valence-electron chi connectivity index (χ4n) is 1.59. The first-order valence-electron chi connectivity index (χ1n) is 5.60. The van der Waals surface area contributed by atoms with Crippen LogP contribution in [-0.2, 0) is 0 Å². The third-order valence-electron chi connectivity index (χ3n) is 2.58. The van der Waals surface area contributed by atoms with Gasteiger partial charge in [-0.25, -0.2) is 0 Å². The lowest BCUT2D eigenvalue weighted by Gasteiger charge is -2.03. The van der Waals surface area contributed by atoms with Crippen LogP contribution in [0.2, 0.25) is 15.1 Å². The van der Waals surface area contributed by atoms with Crippen LogP contribution in [0.1, 0.15) is 15.9 Å². The molecule has 0 N–H and O–H groups in total. The van der Waals surface area contributed by atoms with Crippen LogP contribution >= 0.6 is 50.7 Å². The van der Waals surface area contributed by atoms with Gasteiger partial charge in [0.05, 0.1) is 15.1 Å². The highest BCUT2D eigenvalue weighted by molar-refractivity contribution is 9.10. The third-order valence-corrected chi connectivity index (χ3v) is 4.36. The molecule has 0 unspecified atom stereocenters. The molecule has 0 amide bonds. The van der Waals surface area contributed by atoms with Crippen LogP contribution in [-0.4, -0.2) is 5.78 Å². The predicted molar refractivity (Wildman–Crippen MR) is 89.0 cm³/mol. The lowest BCUT2D eigenvalue weighted by molar-refractivity contribution is 0.104. The van der Waals surface area contributed by atoms with Crippen molar-refractivity contribution in [2.75, 3.05) is 0 Å². The Labute approximate surface area is 140 Å². The molecule has 0 radical (unpaired) electrons. The molecule has 0 aliphatic carbocycles.